The molecule has 0 bridgehead atoms. The van der Waals surface area contributed by atoms with Gasteiger partial charge in [-0.2, -0.15) is 0 Å². The van der Waals surface area contributed by atoms with Crippen LogP contribution in [0.1, 0.15) is 30.1 Å². The Labute approximate surface area is 67.0 Å². The molecule has 0 saturated carbocycles. The van der Waals surface area contributed by atoms with Crippen LogP contribution in [-0.4, -0.2) is 11.5 Å². The van der Waals surface area contributed by atoms with Crippen LogP contribution in [0.3, 0.4) is 0 Å². The van der Waals surface area contributed by atoms with Crippen LogP contribution in [0.5, 0.6) is 0 Å². The lowest BCUT2D eigenvalue weighted by Gasteiger charge is -2.05. The summed E-state index contributed by atoms with van der Waals surface area (Å²) in [5.41, 5.74) is 2.67. The lowest BCUT2D eigenvalue weighted by molar-refractivity contribution is 0.648. The number of hydrogen-bond donors (Lipinski definition) is 2. The van der Waals surface area contributed by atoms with E-state index in [2.05, 4.69) is 29.5 Å². The van der Waals surface area contributed by atoms with E-state index in [0.29, 0.717) is 6.04 Å². The highest BCUT2D eigenvalue weighted by molar-refractivity contribution is 5.20. The van der Waals surface area contributed by atoms with E-state index in [1.165, 1.54) is 30.6 Å². The summed E-state index contributed by atoms with van der Waals surface area (Å²) in [6.45, 7) is 3.27. The van der Waals surface area contributed by atoms with Crippen LogP contribution in [0.2, 0.25) is 0 Å². The van der Waals surface area contributed by atoms with Crippen LogP contribution >= 0.6 is 0 Å². The third-order valence-electron chi connectivity index (χ3n) is 2.31. The van der Waals surface area contributed by atoms with Crippen molar-refractivity contribution in [3.63, 3.8) is 0 Å². The zero-order valence-electron chi connectivity index (χ0n) is 6.85. The predicted octanol–water partition coefficient (Wildman–Crippen LogP) is 1.75. The number of H-pyrrole nitrogens is 1. The van der Waals surface area contributed by atoms with Gasteiger partial charge in [-0.3, -0.25) is 0 Å². The maximum Gasteiger partial charge on any atom is 0.0335 e. The molecule has 11 heavy (non-hydrogen) atoms. The van der Waals surface area contributed by atoms with Gasteiger partial charge in [0.1, 0.15) is 0 Å². The van der Waals surface area contributed by atoms with E-state index < -0.39 is 0 Å². The molecular weight excluding hydrogens is 136 g/mol. The van der Waals surface area contributed by atoms with E-state index in [1.54, 1.807) is 0 Å². The maximum absolute atomic E-state index is 3.47. The lowest BCUT2D eigenvalue weighted by Crippen LogP contribution is -2.11. The van der Waals surface area contributed by atoms with Gasteiger partial charge < -0.3 is 10.3 Å². The number of aromatic nitrogens is 1. The van der Waals surface area contributed by atoms with Gasteiger partial charge in [-0.15, -0.1) is 0 Å². The maximum atomic E-state index is 3.47. The van der Waals surface area contributed by atoms with Gasteiger partial charge in [0.05, 0.1) is 0 Å². The summed E-state index contributed by atoms with van der Waals surface area (Å²) in [7, 11) is 0. The van der Waals surface area contributed by atoms with Gasteiger partial charge in [0.15, 0.2) is 0 Å². The van der Waals surface area contributed by atoms with Crippen molar-refractivity contribution < 1.29 is 0 Å². The van der Waals surface area contributed by atoms with Gasteiger partial charge in [-0.05, 0) is 37.9 Å². The molecular formula is C9H14N2. The standard InChI is InChI=1S/C9H14N2/c1-7-5-8(6-11-7)9-3-2-4-10-9/h5-6,9-11H,2-4H2,1H3/t9-/m1/s1. The third-order valence-corrected chi connectivity index (χ3v) is 2.31. The summed E-state index contributed by atoms with van der Waals surface area (Å²) in [5.74, 6) is 0. The molecule has 2 N–H and O–H groups in total. The fourth-order valence-corrected chi connectivity index (χ4v) is 1.70. The molecule has 0 amide bonds. The summed E-state index contributed by atoms with van der Waals surface area (Å²) < 4.78 is 0. The fraction of sp³-hybridized carbons (Fsp3) is 0.556. The van der Waals surface area contributed by atoms with E-state index in [1.807, 2.05) is 0 Å². The average molecular weight is 150 g/mol. The molecule has 0 aromatic carbocycles. The Balaban J connectivity index is 2.15. The van der Waals surface area contributed by atoms with Crippen molar-refractivity contribution in [1.82, 2.24) is 10.3 Å². The van der Waals surface area contributed by atoms with Gasteiger partial charge in [0.25, 0.3) is 0 Å². The van der Waals surface area contributed by atoms with Crippen molar-refractivity contribution in [2.75, 3.05) is 6.54 Å². The van der Waals surface area contributed by atoms with E-state index in [4.69, 9.17) is 0 Å². The molecule has 1 saturated heterocycles. The van der Waals surface area contributed by atoms with Crippen molar-refractivity contribution in [3.8, 4) is 0 Å². The van der Waals surface area contributed by atoms with E-state index >= 15 is 0 Å². The summed E-state index contributed by atoms with van der Waals surface area (Å²) >= 11 is 0. The largest absolute Gasteiger partial charge is 0.365 e. The lowest BCUT2D eigenvalue weighted by atomic mass is 10.1. The molecule has 1 aliphatic heterocycles. The molecule has 60 valence electrons. The van der Waals surface area contributed by atoms with Crippen LogP contribution in [0.4, 0.5) is 0 Å². The highest BCUT2D eigenvalue weighted by atomic mass is 14.9. The smallest absolute Gasteiger partial charge is 0.0335 e. The molecule has 0 spiro atoms. The number of nitrogens with one attached hydrogen (secondary N) is 2. The zero-order valence-corrected chi connectivity index (χ0v) is 6.85. The molecule has 0 aliphatic carbocycles. The first-order valence-corrected chi connectivity index (χ1v) is 4.24. The molecule has 0 radical (unpaired) electrons. The second-order valence-electron chi connectivity index (χ2n) is 3.26. The number of hydrogen-bond acceptors (Lipinski definition) is 1. The van der Waals surface area contributed by atoms with Gasteiger partial charge in [-0.1, -0.05) is 0 Å². The third kappa shape index (κ3) is 1.31. The summed E-state index contributed by atoms with van der Waals surface area (Å²) in [4.78, 5) is 3.21. The quantitative estimate of drug-likeness (QED) is 0.627. The molecule has 1 aliphatic rings. The Bertz CT molecular complexity index is 233. The zero-order chi connectivity index (χ0) is 7.68. The summed E-state index contributed by atoms with van der Waals surface area (Å²) in [6.07, 6.45) is 4.71. The minimum atomic E-state index is 0.611. The van der Waals surface area contributed by atoms with Crippen molar-refractivity contribution in [2.24, 2.45) is 0 Å². The van der Waals surface area contributed by atoms with Gasteiger partial charge in [0, 0.05) is 17.9 Å². The Kier molecular flexibility index (Phi) is 1.70. The van der Waals surface area contributed by atoms with Crippen molar-refractivity contribution in [3.05, 3.63) is 23.5 Å². The Morgan fingerprint density at radius 1 is 1.55 bits per heavy atom. The Hall–Kier alpha value is -0.760. The monoisotopic (exact) mass is 150 g/mol. The van der Waals surface area contributed by atoms with Crippen LogP contribution in [0.25, 0.3) is 0 Å². The molecule has 1 atom stereocenters. The molecule has 2 nitrogen and oxygen atoms in total. The molecule has 2 heteroatoms. The fourth-order valence-electron chi connectivity index (χ4n) is 1.70. The summed E-state index contributed by atoms with van der Waals surface area (Å²) in [5, 5.41) is 3.47. The highest BCUT2D eigenvalue weighted by Gasteiger charge is 2.16. The first-order chi connectivity index (χ1) is 5.36. The van der Waals surface area contributed by atoms with Crippen molar-refractivity contribution in [2.45, 2.75) is 25.8 Å². The topological polar surface area (TPSA) is 27.8 Å². The molecule has 2 heterocycles. The second kappa shape index (κ2) is 2.70. The van der Waals surface area contributed by atoms with Gasteiger partial charge in [0.2, 0.25) is 0 Å². The van der Waals surface area contributed by atoms with Gasteiger partial charge in [-0.25, -0.2) is 0 Å². The normalized spacial score (nSPS) is 24.3. The first kappa shape index (κ1) is 6.92. The first-order valence-electron chi connectivity index (χ1n) is 4.24. The minimum absolute atomic E-state index is 0.611. The summed E-state index contributed by atoms with van der Waals surface area (Å²) in [6, 6.07) is 2.84. The van der Waals surface area contributed by atoms with Crippen molar-refractivity contribution >= 4 is 0 Å². The minimum Gasteiger partial charge on any atom is -0.365 e. The SMILES string of the molecule is Cc1cc([C@H]2CCCN2)c[nH]1. The molecule has 1 aromatic rings. The Morgan fingerprint density at radius 2 is 2.45 bits per heavy atom. The van der Waals surface area contributed by atoms with Crippen LogP contribution in [0, 0.1) is 6.92 Å². The second-order valence-corrected chi connectivity index (χ2v) is 3.26. The number of aromatic amines is 1. The highest BCUT2D eigenvalue weighted by Crippen LogP contribution is 2.22. The average Bonchev–Trinajstić information content (AvgIpc) is 2.55. The van der Waals surface area contributed by atoms with Crippen LogP contribution in [0.15, 0.2) is 12.3 Å². The predicted molar refractivity (Wildman–Crippen MR) is 45.5 cm³/mol. The Morgan fingerprint density at radius 3 is 3.00 bits per heavy atom. The van der Waals surface area contributed by atoms with Gasteiger partial charge >= 0.3 is 0 Å². The number of aryl methyl sites for hydroxylation is 1. The van der Waals surface area contributed by atoms with E-state index in [0.717, 1.165) is 0 Å². The number of rotatable bonds is 1. The molecule has 0 unspecified atom stereocenters. The molecule has 2 rings (SSSR count). The molecule has 1 aromatic heterocycles. The van der Waals surface area contributed by atoms with E-state index in [-0.39, 0.29) is 0 Å². The van der Waals surface area contributed by atoms with Crippen molar-refractivity contribution in [1.29, 1.82) is 0 Å². The van der Waals surface area contributed by atoms with Crippen LogP contribution in [-0.2, 0) is 0 Å². The molecule has 1 fully saturated rings. The van der Waals surface area contributed by atoms with Crippen LogP contribution < -0.4 is 5.32 Å². The van der Waals surface area contributed by atoms with E-state index in [9.17, 15) is 0 Å².